The van der Waals surface area contributed by atoms with Crippen LogP contribution in [-0.2, 0) is 13.1 Å². The Morgan fingerprint density at radius 2 is 1.69 bits per heavy atom. The first-order chi connectivity index (χ1) is 12.7. The number of hydrogen-bond donors (Lipinski definition) is 1. The molecule has 0 aliphatic heterocycles. The molecule has 0 fully saturated rings. The highest BCUT2D eigenvalue weighted by atomic mass is 16.2. The second-order valence-corrected chi connectivity index (χ2v) is 6.06. The summed E-state index contributed by atoms with van der Waals surface area (Å²) in [4.78, 5) is 23.1. The van der Waals surface area contributed by atoms with Gasteiger partial charge in [-0.2, -0.15) is 0 Å². The lowest BCUT2D eigenvalue weighted by Crippen LogP contribution is -2.41. The number of carbonyl (C=O) groups excluding carboxylic acids is 1. The van der Waals surface area contributed by atoms with Gasteiger partial charge in [-0.05, 0) is 42.3 Å². The third-order valence-electron chi connectivity index (χ3n) is 4.23. The second-order valence-electron chi connectivity index (χ2n) is 6.06. The second kappa shape index (κ2) is 8.76. The molecule has 0 unspecified atom stereocenters. The van der Waals surface area contributed by atoms with Gasteiger partial charge in [-0.25, -0.2) is 4.79 Å². The van der Waals surface area contributed by atoms with E-state index in [1.807, 2.05) is 67.6 Å². The summed E-state index contributed by atoms with van der Waals surface area (Å²) in [6.45, 7) is 2.97. The molecule has 132 valence electrons. The van der Waals surface area contributed by atoms with Crippen LogP contribution in [-0.4, -0.2) is 20.9 Å². The number of pyridine rings is 2. The molecule has 2 amide bonds. The lowest BCUT2D eigenvalue weighted by Gasteiger charge is -2.29. The normalized spacial score (nSPS) is 11.6. The van der Waals surface area contributed by atoms with Gasteiger partial charge in [0.15, 0.2) is 0 Å². The topological polar surface area (TPSA) is 58.1 Å². The van der Waals surface area contributed by atoms with Gasteiger partial charge in [0, 0.05) is 31.7 Å². The number of nitrogens with one attached hydrogen (secondary N) is 1. The molecule has 2 heterocycles. The van der Waals surface area contributed by atoms with Crippen molar-refractivity contribution >= 4 is 6.03 Å². The number of benzene rings is 1. The van der Waals surface area contributed by atoms with Crippen molar-refractivity contribution in [3.63, 3.8) is 0 Å². The summed E-state index contributed by atoms with van der Waals surface area (Å²) in [7, 11) is 0. The maximum absolute atomic E-state index is 12.9. The molecule has 0 aliphatic carbocycles. The van der Waals surface area contributed by atoms with Gasteiger partial charge in [-0.1, -0.05) is 36.4 Å². The molecule has 5 heteroatoms. The zero-order valence-electron chi connectivity index (χ0n) is 14.7. The van der Waals surface area contributed by atoms with E-state index in [-0.39, 0.29) is 12.1 Å². The number of carbonyl (C=O) groups is 1. The molecule has 0 bridgehead atoms. The van der Waals surface area contributed by atoms with E-state index in [4.69, 9.17) is 0 Å². The van der Waals surface area contributed by atoms with Gasteiger partial charge in [0.2, 0.25) is 0 Å². The zero-order chi connectivity index (χ0) is 18.2. The van der Waals surface area contributed by atoms with Gasteiger partial charge >= 0.3 is 6.03 Å². The number of aromatic nitrogens is 2. The fourth-order valence-corrected chi connectivity index (χ4v) is 2.73. The van der Waals surface area contributed by atoms with Crippen LogP contribution in [0.15, 0.2) is 79.3 Å². The quantitative estimate of drug-likeness (QED) is 0.735. The smallest absolute Gasteiger partial charge is 0.318 e. The van der Waals surface area contributed by atoms with Crippen LogP contribution in [0.3, 0.4) is 0 Å². The van der Waals surface area contributed by atoms with Gasteiger partial charge in [0.05, 0.1) is 11.7 Å². The minimum atomic E-state index is -0.145. The highest BCUT2D eigenvalue weighted by Crippen LogP contribution is 2.21. The van der Waals surface area contributed by atoms with Crippen molar-refractivity contribution in [1.82, 2.24) is 20.2 Å². The van der Waals surface area contributed by atoms with Crippen molar-refractivity contribution in [3.05, 3.63) is 96.1 Å². The van der Waals surface area contributed by atoms with Crippen LogP contribution in [0.5, 0.6) is 0 Å². The molecular weight excluding hydrogens is 324 g/mol. The number of nitrogens with zero attached hydrogens (tertiary/aromatic N) is 3. The molecule has 0 saturated carbocycles. The molecule has 3 aromatic rings. The van der Waals surface area contributed by atoms with Gasteiger partial charge < -0.3 is 10.2 Å². The van der Waals surface area contributed by atoms with Crippen LogP contribution in [0.1, 0.15) is 29.8 Å². The van der Waals surface area contributed by atoms with Gasteiger partial charge in [0.25, 0.3) is 0 Å². The van der Waals surface area contributed by atoms with Crippen LogP contribution in [0.2, 0.25) is 0 Å². The fraction of sp³-hybridized carbons (Fsp3) is 0.190. The number of rotatable bonds is 6. The average molecular weight is 346 g/mol. The van der Waals surface area contributed by atoms with Gasteiger partial charge in [0.1, 0.15) is 0 Å². The predicted molar refractivity (Wildman–Crippen MR) is 101 cm³/mol. The molecule has 0 aliphatic rings. The van der Waals surface area contributed by atoms with Crippen LogP contribution in [0.25, 0.3) is 0 Å². The number of amides is 2. The Bertz CT molecular complexity index is 809. The van der Waals surface area contributed by atoms with Crippen molar-refractivity contribution in [2.45, 2.75) is 26.1 Å². The van der Waals surface area contributed by atoms with Crippen molar-refractivity contribution in [1.29, 1.82) is 0 Å². The van der Waals surface area contributed by atoms with Crippen molar-refractivity contribution in [2.75, 3.05) is 0 Å². The monoisotopic (exact) mass is 346 g/mol. The van der Waals surface area contributed by atoms with E-state index in [0.29, 0.717) is 13.1 Å². The fourth-order valence-electron chi connectivity index (χ4n) is 2.73. The molecule has 0 saturated heterocycles. The summed E-state index contributed by atoms with van der Waals surface area (Å²) in [6, 6.07) is 19.3. The van der Waals surface area contributed by atoms with E-state index >= 15 is 0 Å². The minimum Gasteiger partial charge on any atom is -0.334 e. The Morgan fingerprint density at radius 3 is 2.38 bits per heavy atom. The molecule has 1 atom stereocenters. The summed E-state index contributed by atoms with van der Waals surface area (Å²) in [5.74, 6) is 0. The molecule has 5 nitrogen and oxygen atoms in total. The van der Waals surface area contributed by atoms with E-state index < -0.39 is 0 Å². The third kappa shape index (κ3) is 4.66. The van der Waals surface area contributed by atoms with Crippen LogP contribution in [0, 0.1) is 0 Å². The summed E-state index contributed by atoms with van der Waals surface area (Å²) in [6.07, 6.45) is 5.20. The summed E-state index contributed by atoms with van der Waals surface area (Å²) in [5, 5.41) is 3.00. The lowest BCUT2D eigenvalue weighted by atomic mass is 10.1. The number of hydrogen-bond acceptors (Lipinski definition) is 3. The summed E-state index contributed by atoms with van der Waals surface area (Å²) < 4.78 is 0. The van der Waals surface area contributed by atoms with E-state index in [1.54, 1.807) is 23.5 Å². The lowest BCUT2D eigenvalue weighted by molar-refractivity contribution is 0.173. The van der Waals surface area contributed by atoms with E-state index in [9.17, 15) is 4.79 Å². The molecule has 3 rings (SSSR count). The first-order valence-corrected chi connectivity index (χ1v) is 8.62. The van der Waals surface area contributed by atoms with Crippen LogP contribution < -0.4 is 5.32 Å². The zero-order valence-corrected chi connectivity index (χ0v) is 14.7. The molecule has 1 N–H and O–H groups in total. The highest BCUT2D eigenvalue weighted by molar-refractivity contribution is 5.74. The minimum absolute atomic E-state index is 0.121. The summed E-state index contributed by atoms with van der Waals surface area (Å²) >= 11 is 0. The first kappa shape index (κ1) is 17.6. The SMILES string of the molecule is C[C@H](c1ccccn1)N(Cc1ccccc1)C(=O)NCc1ccncc1. The predicted octanol–water partition coefficient (Wildman–Crippen LogP) is 3.95. The van der Waals surface area contributed by atoms with E-state index in [0.717, 1.165) is 16.8 Å². The maximum Gasteiger partial charge on any atom is 0.318 e. The maximum atomic E-state index is 12.9. The van der Waals surface area contributed by atoms with Crippen molar-refractivity contribution in [2.24, 2.45) is 0 Å². The van der Waals surface area contributed by atoms with Crippen molar-refractivity contribution in [3.8, 4) is 0 Å². The summed E-state index contributed by atoms with van der Waals surface area (Å²) in [5.41, 5.74) is 2.95. The molecule has 26 heavy (non-hydrogen) atoms. The Kier molecular flexibility index (Phi) is 5.93. The molecule has 1 aromatic carbocycles. The Morgan fingerprint density at radius 1 is 0.962 bits per heavy atom. The van der Waals surface area contributed by atoms with E-state index in [1.165, 1.54) is 0 Å². The Hall–Kier alpha value is -3.21. The Labute approximate surface area is 153 Å². The third-order valence-corrected chi connectivity index (χ3v) is 4.23. The van der Waals surface area contributed by atoms with E-state index in [2.05, 4.69) is 15.3 Å². The largest absolute Gasteiger partial charge is 0.334 e. The van der Waals surface area contributed by atoms with Crippen molar-refractivity contribution < 1.29 is 4.79 Å². The molecular formula is C21H22N4O. The molecule has 0 spiro atoms. The van der Waals surface area contributed by atoms with Gasteiger partial charge in [-0.15, -0.1) is 0 Å². The highest BCUT2D eigenvalue weighted by Gasteiger charge is 2.22. The number of urea groups is 1. The van der Waals surface area contributed by atoms with Crippen LogP contribution >= 0.6 is 0 Å². The first-order valence-electron chi connectivity index (χ1n) is 8.62. The molecule has 2 aromatic heterocycles. The van der Waals surface area contributed by atoms with Crippen LogP contribution in [0.4, 0.5) is 4.79 Å². The van der Waals surface area contributed by atoms with Gasteiger partial charge in [-0.3, -0.25) is 9.97 Å². The molecule has 0 radical (unpaired) electrons. The Balaban J connectivity index is 1.76. The average Bonchev–Trinajstić information content (AvgIpc) is 2.72. The standard InChI is InChI=1S/C21H22N4O/c1-17(20-9-5-6-12-23-20)25(16-19-7-3-2-4-8-19)21(26)24-15-18-10-13-22-14-11-18/h2-14,17H,15-16H2,1H3,(H,24,26)/t17-/m1/s1.